The predicted octanol–water partition coefficient (Wildman–Crippen LogP) is 3.72. The van der Waals surface area contributed by atoms with Gasteiger partial charge in [0.05, 0.1) is 51.7 Å². The van der Waals surface area contributed by atoms with Crippen LogP contribution in [-0.2, 0) is 27.3 Å². The van der Waals surface area contributed by atoms with Crippen molar-refractivity contribution in [1.82, 2.24) is 10.3 Å². The number of pyridine rings is 1. The number of benzene rings is 1. The Balaban J connectivity index is 1.35. The van der Waals surface area contributed by atoms with E-state index in [-0.39, 0.29) is 24.5 Å². The Morgan fingerprint density at radius 1 is 1.13 bits per heavy atom. The Morgan fingerprint density at radius 3 is 2.50 bits per heavy atom. The fourth-order valence-corrected chi connectivity index (χ4v) is 5.31. The molecule has 38 heavy (non-hydrogen) atoms. The van der Waals surface area contributed by atoms with Gasteiger partial charge in [-0.2, -0.15) is 0 Å². The second-order valence-electron chi connectivity index (χ2n) is 10.5. The number of hydrogen-bond acceptors (Lipinski definition) is 8. The number of anilines is 2. The van der Waals surface area contributed by atoms with Crippen LogP contribution in [0, 0.1) is 5.92 Å². The molecule has 1 amide bonds. The Bertz CT molecular complexity index is 1110. The highest BCUT2D eigenvalue weighted by Crippen LogP contribution is 2.36. The highest BCUT2D eigenvalue weighted by atomic mass is 16.5. The van der Waals surface area contributed by atoms with Gasteiger partial charge in [0.2, 0.25) is 5.91 Å². The summed E-state index contributed by atoms with van der Waals surface area (Å²) in [5.41, 5.74) is 2.81. The van der Waals surface area contributed by atoms with Gasteiger partial charge in [-0.05, 0) is 80.8 Å². The maximum absolute atomic E-state index is 13.0. The first-order valence-corrected chi connectivity index (χ1v) is 13.4. The fourth-order valence-electron chi connectivity index (χ4n) is 5.31. The SMILES string of the molecule is COC(=O)CNC1CCC(CN(C)c2ccc(N3Cc4cc(OC(C)C)c(OC)cc4CC3=O)cn2)CC1. The molecule has 1 aromatic carbocycles. The molecule has 0 saturated heterocycles. The quantitative estimate of drug-likeness (QED) is 0.470. The molecule has 0 spiro atoms. The van der Waals surface area contributed by atoms with Gasteiger partial charge in [-0.3, -0.25) is 9.59 Å². The highest BCUT2D eigenvalue weighted by molar-refractivity contribution is 5.96. The third-order valence-electron chi connectivity index (χ3n) is 7.40. The average molecular weight is 525 g/mol. The van der Waals surface area contributed by atoms with Gasteiger partial charge in [-0.1, -0.05) is 0 Å². The molecule has 1 saturated carbocycles. The number of methoxy groups -OCH3 is 2. The second kappa shape index (κ2) is 12.5. The molecular formula is C29H40N4O5. The number of fused-ring (bicyclic) bond motifs is 1. The van der Waals surface area contributed by atoms with Gasteiger partial charge in [-0.25, -0.2) is 4.98 Å². The minimum absolute atomic E-state index is 0.0234. The van der Waals surface area contributed by atoms with Crippen molar-refractivity contribution >= 4 is 23.4 Å². The van der Waals surface area contributed by atoms with Crippen molar-refractivity contribution < 1.29 is 23.8 Å². The zero-order valence-electron chi connectivity index (χ0n) is 23.2. The van der Waals surface area contributed by atoms with Crippen molar-refractivity contribution in [3.63, 3.8) is 0 Å². The van der Waals surface area contributed by atoms with Crippen molar-refractivity contribution in [3.05, 3.63) is 41.6 Å². The lowest BCUT2D eigenvalue weighted by Gasteiger charge is -2.32. The van der Waals surface area contributed by atoms with Crippen LogP contribution < -0.4 is 24.6 Å². The monoisotopic (exact) mass is 524 g/mol. The van der Waals surface area contributed by atoms with E-state index in [2.05, 4.69) is 17.3 Å². The van der Waals surface area contributed by atoms with Crippen molar-refractivity contribution in [2.75, 3.05) is 44.2 Å². The average Bonchev–Trinajstić information content (AvgIpc) is 2.91. The van der Waals surface area contributed by atoms with Crippen LogP contribution in [0.2, 0.25) is 0 Å². The number of carbonyl (C=O) groups excluding carboxylic acids is 2. The van der Waals surface area contributed by atoms with Gasteiger partial charge < -0.3 is 29.3 Å². The molecule has 1 fully saturated rings. The van der Waals surface area contributed by atoms with Gasteiger partial charge >= 0.3 is 5.97 Å². The highest BCUT2D eigenvalue weighted by Gasteiger charge is 2.27. The van der Waals surface area contributed by atoms with Crippen LogP contribution in [0.4, 0.5) is 11.5 Å². The van der Waals surface area contributed by atoms with E-state index in [0.717, 1.165) is 54.9 Å². The number of nitrogens with zero attached hydrogens (tertiary/aromatic N) is 3. The van der Waals surface area contributed by atoms with Crippen LogP contribution in [-0.4, -0.2) is 63.4 Å². The number of esters is 1. The zero-order chi connectivity index (χ0) is 27.2. The number of ether oxygens (including phenoxy) is 3. The van der Waals surface area contributed by atoms with Gasteiger partial charge in [0.25, 0.3) is 0 Å². The molecule has 1 N–H and O–H groups in total. The molecule has 0 atom stereocenters. The Kier molecular flexibility index (Phi) is 9.09. The maximum atomic E-state index is 13.0. The molecule has 2 aliphatic rings. The van der Waals surface area contributed by atoms with E-state index in [1.54, 1.807) is 18.2 Å². The van der Waals surface area contributed by atoms with E-state index in [0.29, 0.717) is 36.4 Å². The standard InChI is InChI=1S/C29H40N4O5/c1-19(2)38-26-13-22-18-33(28(34)14-21(22)12-25(26)36-4)24-10-11-27(31-15-24)32(3)17-20-6-8-23(9-7-20)30-16-29(35)37-5/h10-13,15,19-20,23,30H,6-9,14,16-18H2,1-5H3. The lowest BCUT2D eigenvalue weighted by atomic mass is 9.85. The fraction of sp³-hybridized carbons (Fsp3) is 0.552. The van der Waals surface area contributed by atoms with Gasteiger partial charge in [-0.15, -0.1) is 0 Å². The molecule has 1 aliphatic carbocycles. The van der Waals surface area contributed by atoms with Crippen LogP contribution >= 0.6 is 0 Å². The van der Waals surface area contributed by atoms with Crippen LogP contribution in [0.1, 0.15) is 50.7 Å². The first-order chi connectivity index (χ1) is 18.3. The summed E-state index contributed by atoms with van der Waals surface area (Å²) in [6.45, 7) is 5.63. The van der Waals surface area contributed by atoms with Crippen LogP contribution in [0.25, 0.3) is 0 Å². The molecule has 4 rings (SSSR count). The van der Waals surface area contributed by atoms with Gasteiger partial charge in [0, 0.05) is 19.6 Å². The summed E-state index contributed by atoms with van der Waals surface area (Å²) in [7, 11) is 5.10. The van der Waals surface area contributed by atoms with Crippen LogP contribution in [0.3, 0.4) is 0 Å². The zero-order valence-corrected chi connectivity index (χ0v) is 23.2. The van der Waals surface area contributed by atoms with E-state index in [1.165, 1.54) is 7.11 Å². The van der Waals surface area contributed by atoms with E-state index in [4.69, 9.17) is 19.2 Å². The molecule has 2 aromatic rings. The predicted molar refractivity (Wildman–Crippen MR) is 147 cm³/mol. The molecule has 9 heteroatoms. The molecular weight excluding hydrogens is 484 g/mol. The molecule has 0 unspecified atom stereocenters. The van der Waals surface area contributed by atoms with E-state index in [1.807, 2.05) is 38.1 Å². The maximum Gasteiger partial charge on any atom is 0.319 e. The van der Waals surface area contributed by atoms with Crippen molar-refractivity contribution in [3.8, 4) is 11.5 Å². The Hall–Kier alpha value is -3.33. The second-order valence-corrected chi connectivity index (χ2v) is 10.5. The van der Waals surface area contributed by atoms with E-state index < -0.39 is 0 Å². The summed E-state index contributed by atoms with van der Waals surface area (Å²) in [5, 5.41) is 3.30. The summed E-state index contributed by atoms with van der Waals surface area (Å²) >= 11 is 0. The number of nitrogens with one attached hydrogen (secondary N) is 1. The summed E-state index contributed by atoms with van der Waals surface area (Å²) in [6, 6.07) is 8.24. The molecule has 0 radical (unpaired) electrons. The largest absolute Gasteiger partial charge is 0.493 e. The van der Waals surface area contributed by atoms with Crippen molar-refractivity contribution in [2.45, 2.75) is 64.6 Å². The van der Waals surface area contributed by atoms with E-state index >= 15 is 0 Å². The lowest BCUT2D eigenvalue weighted by molar-refractivity contribution is -0.139. The Morgan fingerprint density at radius 2 is 1.87 bits per heavy atom. The summed E-state index contributed by atoms with van der Waals surface area (Å²) < 4.78 is 16.1. The summed E-state index contributed by atoms with van der Waals surface area (Å²) in [6.07, 6.45) is 6.44. The van der Waals surface area contributed by atoms with Crippen LogP contribution in [0.15, 0.2) is 30.5 Å². The number of hydrogen-bond donors (Lipinski definition) is 1. The Labute approximate surface area is 225 Å². The third kappa shape index (κ3) is 6.75. The third-order valence-corrected chi connectivity index (χ3v) is 7.40. The molecule has 206 valence electrons. The number of carbonyl (C=O) groups is 2. The molecule has 1 aliphatic heterocycles. The first kappa shape index (κ1) is 27.7. The number of amides is 1. The van der Waals surface area contributed by atoms with E-state index in [9.17, 15) is 9.59 Å². The van der Waals surface area contributed by atoms with Crippen LogP contribution in [0.5, 0.6) is 11.5 Å². The molecule has 9 nitrogen and oxygen atoms in total. The minimum Gasteiger partial charge on any atom is -0.493 e. The van der Waals surface area contributed by atoms with Crippen molar-refractivity contribution in [2.24, 2.45) is 5.92 Å². The first-order valence-electron chi connectivity index (χ1n) is 13.4. The summed E-state index contributed by atoms with van der Waals surface area (Å²) in [4.78, 5) is 33.0. The normalized spacial score (nSPS) is 19.2. The number of rotatable bonds is 10. The van der Waals surface area contributed by atoms with Gasteiger partial charge in [0.1, 0.15) is 5.82 Å². The smallest absolute Gasteiger partial charge is 0.319 e. The molecule has 2 heterocycles. The molecule has 1 aromatic heterocycles. The molecule has 0 bridgehead atoms. The summed E-state index contributed by atoms with van der Waals surface area (Å²) in [5.74, 6) is 2.64. The number of aromatic nitrogens is 1. The van der Waals surface area contributed by atoms with Gasteiger partial charge in [0.15, 0.2) is 11.5 Å². The lowest BCUT2D eigenvalue weighted by Crippen LogP contribution is -2.39. The van der Waals surface area contributed by atoms with Crippen molar-refractivity contribution in [1.29, 1.82) is 0 Å². The topological polar surface area (TPSA) is 93.2 Å². The minimum atomic E-state index is -0.220.